The van der Waals surface area contributed by atoms with Crippen LogP contribution in [0.25, 0.3) is 0 Å². The Hall–Kier alpha value is -0.810. The number of hydrogen-bond acceptors (Lipinski definition) is 3. The van der Waals surface area contributed by atoms with Gasteiger partial charge in [0.25, 0.3) is 0 Å². The summed E-state index contributed by atoms with van der Waals surface area (Å²) in [4.78, 5) is 16.0. The van der Waals surface area contributed by atoms with Crippen molar-refractivity contribution in [3.8, 4) is 0 Å². The summed E-state index contributed by atoms with van der Waals surface area (Å²) in [7, 11) is 2.14. The average Bonchev–Trinajstić information content (AvgIpc) is 2.82. The number of urea groups is 1. The van der Waals surface area contributed by atoms with Crippen LogP contribution in [0, 0.1) is 5.92 Å². The Labute approximate surface area is 103 Å². The number of carbonyl (C=O) groups excluding carboxylic acids is 1. The molecule has 2 fully saturated rings. The van der Waals surface area contributed by atoms with E-state index in [2.05, 4.69) is 17.3 Å². The standard InChI is InChI=1S/C12H24N4O/c1-9(13)3-6-16-8-11(14-12(16)17)10-4-5-15(2)7-10/h9-11H,3-8,13H2,1-2H3,(H,14,17). The summed E-state index contributed by atoms with van der Waals surface area (Å²) in [6.45, 7) is 5.87. The van der Waals surface area contributed by atoms with Crippen molar-refractivity contribution in [3.63, 3.8) is 0 Å². The summed E-state index contributed by atoms with van der Waals surface area (Å²) >= 11 is 0. The van der Waals surface area contributed by atoms with E-state index < -0.39 is 0 Å². The Morgan fingerprint density at radius 2 is 2.29 bits per heavy atom. The fourth-order valence-corrected chi connectivity index (χ4v) is 2.73. The summed E-state index contributed by atoms with van der Waals surface area (Å²) in [6, 6.07) is 0.588. The number of likely N-dealkylation sites (tertiary alicyclic amines) is 1. The van der Waals surface area contributed by atoms with E-state index >= 15 is 0 Å². The molecule has 2 rings (SSSR count). The first-order valence-corrected chi connectivity index (χ1v) is 6.56. The predicted octanol–water partition coefficient (Wildman–Crippen LogP) is 0.0692. The first-order valence-electron chi connectivity index (χ1n) is 6.56. The van der Waals surface area contributed by atoms with Gasteiger partial charge in [-0.15, -0.1) is 0 Å². The van der Waals surface area contributed by atoms with Gasteiger partial charge >= 0.3 is 6.03 Å². The average molecular weight is 240 g/mol. The number of carbonyl (C=O) groups is 1. The van der Waals surface area contributed by atoms with Crippen molar-refractivity contribution in [2.45, 2.75) is 31.8 Å². The van der Waals surface area contributed by atoms with Gasteiger partial charge in [-0.3, -0.25) is 0 Å². The van der Waals surface area contributed by atoms with Crippen LogP contribution in [0.2, 0.25) is 0 Å². The van der Waals surface area contributed by atoms with Crippen LogP contribution in [0.5, 0.6) is 0 Å². The molecule has 3 atom stereocenters. The zero-order chi connectivity index (χ0) is 12.4. The van der Waals surface area contributed by atoms with Crippen LogP contribution < -0.4 is 11.1 Å². The van der Waals surface area contributed by atoms with E-state index in [4.69, 9.17) is 5.73 Å². The highest BCUT2D eigenvalue weighted by molar-refractivity contribution is 5.76. The highest BCUT2D eigenvalue weighted by Crippen LogP contribution is 2.22. The third kappa shape index (κ3) is 3.10. The molecule has 0 aromatic heterocycles. The van der Waals surface area contributed by atoms with Gasteiger partial charge in [0.15, 0.2) is 0 Å². The van der Waals surface area contributed by atoms with Gasteiger partial charge in [0, 0.05) is 25.7 Å². The molecule has 17 heavy (non-hydrogen) atoms. The first-order chi connectivity index (χ1) is 8.06. The Morgan fingerprint density at radius 3 is 2.88 bits per heavy atom. The first kappa shape index (κ1) is 12.6. The molecular formula is C12H24N4O. The van der Waals surface area contributed by atoms with Crippen LogP contribution in [-0.2, 0) is 0 Å². The molecular weight excluding hydrogens is 216 g/mol. The second-order valence-corrected chi connectivity index (χ2v) is 5.58. The highest BCUT2D eigenvalue weighted by atomic mass is 16.2. The molecule has 2 amide bonds. The summed E-state index contributed by atoms with van der Waals surface area (Å²) in [5.41, 5.74) is 5.73. The van der Waals surface area contributed by atoms with Crippen LogP contribution >= 0.6 is 0 Å². The maximum Gasteiger partial charge on any atom is 0.317 e. The lowest BCUT2D eigenvalue weighted by molar-refractivity contribution is 0.216. The summed E-state index contributed by atoms with van der Waals surface area (Å²) in [6.07, 6.45) is 2.08. The smallest absolute Gasteiger partial charge is 0.317 e. The third-order valence-electron chi connectivity index (χ3n) is 3.86. The molecule has 2 aliphatic heterocycles. The normalized spacial score (nSPS) is 31.9. The molecule has 0 bridgehead atoms. The summed E-state index contributed by atoms with van der Waals surface area (Å²) < 4.78 is 0. The van der Waals surface area contributed by atoms with E-state index in [0.29, 0.717) is 12.0 Å². The van der Waals surface area contributed by atoms with Gasteiger partial charge < -0.3 is 20.9 Å². The van der Waals surface area contributed by atoms with Crippen molar-refractivity contribution < 1.29 is 4.79 Å². The molecule has 0 aromatic carbocycles. The SMILES string of the molecule is CC(N)CCN1CC(C2CCN(C)C2)NC1=O. The number of nitrogens with zero attached hydrogens (tertiary/aromatic N) is 2. The lowest BCUT2D eigenvalue weighted by Gasteiger charge is -2.19. The van der Waals surface area contributed by atoms with Gasteiger partial charge in [0.05, 0.1) is 6.04 Å². The van der Waals surface area contributed by atoms with E-state index in [-0.39, 0.29) is 12.1 Å². The van der Waals surface area contributed by atoms with E-state index in [1.54, 1.807) is 0 Å². The topological polar surface area (TPSA) is 61.6 Å². The number of nitrogens with two attached hydrogens (primary N) is 1. The summed E-state index contributed by atoms with van der Waals surface area (Å²) in [5.74, 6) is 0.615. The molecule has 0 spiro atoms. The quantitative estimate of drug-likeness (QED) is 0.731. The molecule has 3 unspecified atom stereocenters. The Kier molecular flexibility index (Phi) is 3.89. The maximum atomic E-state index is 11.8. The minimum Gasteiger partial charge on any atom is -0.333 e. The summed E-state index contributed by atoms with van der Waals surface area (Å²) in [5, 5.41) is 3.11. The second kappa shape index (κ2) is 5.23. The van der Waals surface area contributed by atoms with Crippen LogP contribution in [0.1, 0.15) is 19.8 Å². The van der Waals surface area contributed by atoms with Crippen molar-refractivity contribution in [1.82, 2.24) is 15.1 Å². The second-order valence-electron chi connectivity index (χ2n) is 5.58. The van der Waals surface area contributed by atoms with Crippen molar-refractivity contribution >= 4 is 6.03 Å². The lowest BCUT2D eigenvalue weighted by Crippen LogP contribution is -2.35. The monoisotopic (exact) mass is 240 g/mol. The van der Waals surface area contributed by atoms with Gasteiger partial charge in [-0.25, -0.2) is 4.79 Å². The number of amides is 2. The van der Waals surface area contributed by atoms with Crippen molar-refractivity contribution in [2.75, 3.05) is 33.2 Å². The molecule has 0 aromatic rings. The van der Waals surface area contributed by atoms with Crippen molar-refractivity contribution in [2.24, 2.45) is 11.7 Å². The largest absolute Gasteiger partial charge is 0.333 e. The minimum atomic E-state index is 0.0882. The van der Waals surface area contributed by atoms with Crippen LogP contribution in [0.3, 0.4) is 0 Å². The zero-order valence-corrected chi connectivity index (χ0v) is 10.9. The van der Waals surface area contributed by atoms with Crippen LogP contribution in [0.15, 0.2) is 0 Å². The number of nitrogens with one attached hydrogen (secondary N) is 1. The van der Waals surface area contributed by atoms with Crippen LogP contribution in [-0.4, -0.2) is 61.1 Å². The van der Waals surface area contributed by atoms with Gasteiger partial charge in [0.2, 0.25) is 0 Å². The highest BCUT2D eigenvalue weighted by Gasteiger charge is 2.36. The molecule has 2 saturated heterocycles. The molecule has 0 radical (unpaired) electrons. The third-order valence-corrected chi connectivity index (χ3v) is 3.86. The fraction of sp³-hybridized carbons (Fsp3) is 0.917. The van der Waals surface area contributed by atoms with Gasteiger partial charge in [-0.2, -0.15) is 0 Å². The predicted molar refractivity (Wildman–Crippen MR) is 67.8 cm³/mol. The Balaban J connectivity index is 1.82. The molecule has 5 heteroatoms. The van der Waals surface area contributed by atoms with Gasteiger partial charge in [-0.05, 0) is 39.3 Å². The molecule has 2 heterocycles. The fourth-order valence-electron chi connectivity index (χ4n) is 2.73. The number of rotatable bonds is 4. The lowest BCUT2D eigenvalue weighted by atomic mass is 10.00. The van der Waals surface area contributed by atoms with E-state index in [9.17, 15) is 4.79 Å². The molecule has 3 N–H and O–H groups in total. The van der Waals surface area contributed by atoms with E-state index in [1.165, 1.54) is 6.42 Å². The van der Waals surface area contributed by atoms with Crippen molar-refractivity contribution in [1.29, 1.82) is 0 Å². The molecule has 0 aliphatic carbocycles. The van der Waals surface area contributed by atoms with Crippen molar-refractivity contribution in [3.05, 3.63) is 0 Å². The maximum absolute atomic E-state index is 11.8. The van der Waals surface area contributed by atoms with Gasteiger partial charge in [0.1, 0.15) is 0 Å². The minimum absolute atomic E-state index is 0.0882. The van der Waals surface area contributed by atoms with E-state index in [0.717, 1.165) is 32.6 Å². The molecule has 0 saturated carbocycles. The van der Waals surface area contributed by atoms with E-state index in [1.807, 2.05) is 11.8 Å². The molecule has 98 valence electrons. The van der Waals surface area contributed by atoms with Crippen LogP contribution in [0.4, 0.5) is 4.79 Å². The zero-order valence-electron chi connectivity index (χ0n) is 10.9. The number of hydrogen-bond donors (Lipinski definition) is 2. The molecule has 5 nitrogen and oxygen atoms in total. The van der Waals surface area contributed by atoms with Gasteiger partial charge in [-0.1, -0.05) is 0 Å². The Morgan fingerprint density at radius 1 is 1.53 bits per heavy atom. The Bertz CT molecular complexity index is 282. The molecule has 2 aliphatic rings.